The SMILES string of the molecule is CN(CCCC1CC1)CCc1ccc(OC(=O)Nc2ccccc2)cc1. The summed E-state index contributed by atoms with van der Waals surface area (Å²) in [6.07, 6.45) is 6.13. The summed E-state index contributed by atoms with van der Waals surface area (Å²) in [5, 5.41) is 2.71. The molecule has 4 heteroatoms. The molecular weight excluding hydrogens is 324 g/mol. The van der Waals surface area contributed by atoms with Crippen molar-refractivity contribution in [3.63, 3.8) is 0 Å². The van der Waals surface area contributed by atoms with Crippen LogP contribution in [-0.2, 0) is 6.42 Å². The van der Waals surface area contributed by atoms with Gasteiger partial charge < -0.3 is 9.64 Å². The Bertz CT molecular complexity index is 681. The van der Waals surface area contributed by atoms with Crippen LogP contribution in [0.15, 0.2) is 54.6 Å². The molecule has 0 saturated heterocycles. The number of nitrogens with one attached hydrogen (secondary N) is 1. The van der Waals surface area contributed by atoms with Crippen LogP contribution in [0.2, 0.25) is 0 Å². The Balaban J connectivity index is 1.37. The molecule has 0 spiro atoms. The second kappa shape index (κ2) is 9.39. The van der Waals surface area contributed by atoms with Crippen LogP contribution in [0.4, 0.5) is 10.5 Å². The Morgan fingerprint density at radius 2 is 1.81 bits per heavy atom. The summed E-state index contributed by atoms with van der Waals surface area (Å²) in [5.74, 6) is 1.58. The van der Waals surface area contributed by atoms with Crippen LogP contribution in [0.5, 0.6) is 5.75 Å². The molecule has 1 saturated carbocycles. The number of carbonyl (C=O) groups excluding carboxylic acids is 1. The van der Waals surface area contributed by atoms with Gasteiger partial charge in [-0.05, 0) is 68.6 Å². The summed E-state index contributed by atoms with van der Waals surface area (Å²) in [4.78, 5) is 14.3. The van der Waals surface area contributed by atoms with E-state index in [0.717, 1.165) is 24.6 Å². The molecule has 3 rings (SSSR count). The van der Waals surface area contributed by atoms with Gasteiger partial charge in [-0.3, -0.25) is 5.32 Å². The largest absolute Gasteiger partial charge is 0.417 e. The lowest BCUT2D eigenvalue weighted by Gasteiger charge is -2.16. The van der Waals surface area contributed by atoms with Crippen molar-refractivity contribution in [2.45, 2.75) is 32.1 Å². The molecule has 1 N–H and O–H groups in total. The van der Waals surface area contributed by atoms with E-state index in [-0.39, 0.29) is 0 Å². The predicted molar refractivity (Wildman–Crippen MR) is 106 cm³/mol. The lowest BCUT2D eigenvalue weighted by Crippen LogP contribution is -2.22. The number of ether oxygens (including phenoxy) is 1. The normalized spacial score (nSPS) is 13.6. The topological polar surface area (TPSA) is 41.6 Å². The molecule has 0 heterocycles. The molecule has 0 aromatic heterocycles. The van der Waals surface area contributed by atoms with Crippen LogP contribution in [-0.4, -0.2) is 31.1 Å². The number of hydrogen-bond acceptors (Lipinski definition) is 3. The number of hydrogen-bond donors (Lipinski definition) is 1. The van der Waals surface area contributed by atoms with Gasteiger partial charge in [0.1, 0.15) is 5.75 Å². The van der Waals surface area contributed by atoms with Crippen LogP contribution in [0.25, 0.3) is 0 Å². The zero-order chi connectivity index (χ0) is 18.2. The van der Waals surface area contributed by atoms with E-state index in [9.17, 15) is 4.79 Å². The van der Waals surface area contributed by atoms with Gasteiger partial charge >= 0.3 is 6.09 Å². The summed E-state index contributed by atoms with van der Waals surface area (Å²) < 4.78 is 5.32. The molecule has 0 radical (unpaired) electrons. The van der Waals surface area contributed by atoms with Gasteiger partial charge in [0.2, 0.25) is 0 Å². The number of para-hydroxylation sites is 1. The van der Waals surface area contributed by atoms with Gasteiger partial charge in [-0.2, -0.15) is 0 Å². The number of nitrogens with zero attached hydrogens (tertiary/aromatic N) is 1. The fraction of sp³-hybridized carbons (Fsp3) is 0.409. The molecule has 2 aromatic carbocycles. The van der Waals surface area contributed by atoms with E-state index in [4.69, 9.17) is 4.74 Å². The molecule has 0 unspecified atom stereocenters. The smallest absolute Gasteiger partial charge is 0.410 e. The average Bonchev–Trinajstić information content (AvgIpc) is 3.46. The molecule has 26 heavy (non-hydrogen) atoms. The van der Waals surface area contributed by atoms with E-state index in [2.05, 4.69) is 17.3 Å². The maximum atomic E-state index is 11.9. The maximum absolute atomic E-state index is 11.9. The lowest BCUT2D eigenvalue weighted by atomic mass is 10.1. The first-order chi connectivity index (χ1) is 12.7. The minimum absolute atomic E-state index is 0.473. The van der Waals surface area contributed by atoms with Crippen molar-refractivity contribution >= 4 is 11.8 Å². The van der Waals surface area contributed by atoms with Crippen molar-refractivity contribution in [3.05, 3.63) is 60.2 Å². The van der Waals surface area contributed by atoms with Crippen molar-refractivity contribution in [2.75, 3.05) is 25.5 Å². The van der Waals surface area contributed by atoms with Crippen LogP contribution in [0.3, 0.4) is 0 Å². The van der Waals surface area contributed by atoms with Gasteiger partial charge in [-0.15, -0.1) is 0 Å². The van der Waals surface area contributed by atoms with Gasteiger partial charge in [-0.1, -0.05) is 43.2 Å². The highest BCUT2D eigenvalue weighted by atomic mass is 16.6. The molecule has 0 bridgehead atoms. The third-order valence-corrected chi connectivity index (χ3v) is 4.79. The van der Waals surface area contributed by atoms with Crippen LogP contribution in [0.1, 0.15) is 31.2 Å². The number of likely N-dealkylation sites (N-methyl/N-ethyl adjacent to an activating group) is 1. The lowest BCUT2D eigenvalue weighted by molar-refractivity contribution is 0.215. The van der Waals surface area contributed by atoms with Crippen LogP contribution >= 0.6 is 0 Å². The molecule has 1 amide bonds. The third kappa shape index (κ3) is 6.52. The average molecular weight is 352 g/mol. The number of amides is 1. The van der Waals surface area contributed by atoms with E-state index in [0.29, 0.717) is 5.75 Å². The predicted octanol–water partition coefficient (Wildman–Crippen LogP) is 4.96. The van der Waals surface area contributed by atoms with Crippen LogP contribution < -0.4 is 10.1 Å². The second-order valence-corrected chi connectivity index (χ2v) is 7.16. The van der Waals surface area contributed by atoms with Gasteiger partial charge in [0.25, 0.3) is 0 Å². The highest BCUT2D eigenvalue weighted by Gasteiger charge is 2.20. The summed E-state index contributed by atoms with van der Waals surface area (Å²) in [7, 11) is 2.19. The number of carbonyl (C=O) groups is 1. The van der Waals surface area contributed by atoms with E-state index in [1.165, 1.54) is 37.8 Å². The van der Waals surface area contributed by atoms with Crippen molar-refractivity contribution < 1.29 is 9.53 Å². The van der Waals surface area contributed by atoms with Gasteiger partial charge in [0, 0.05) is 12.2 Å². The minimum Gasteiger partial charge on any atom is -0.410 e. The first-order valence-corrected chi connectivity index (χ1v) is 9.50. The zero-order valence-corrected chi connectivity index (χ0v) is 15.5. The zero-order valence-electron chi connectivity index (χ0n) is 15.5. The summed E-state index contributed by atoms with van der Waals surface area (Å²) in [5.41, 5.74) is 1.98. The Morgan fingerprint density at radius 1 is 1.08 bits per heavy atom. The first-order valence-electron chi connectivity index (χ1n) is 9.50. The molecule has 1 aliphatic rings. The van der Waals surface area contributed by atoms with Crippen molar-refractivity contribution in [1.82, 2.24) is 4.90 Å². The van der Waals surface area contributed by atoms with Crippen molar-refractivity contribution in [2.24, 2.45) is 5.92 Å². The highest BCUT2D eigenvalue weighted by molar-refractivity contribution is 5.86. The quantitative estimate of drug-likeness (QED) is 0.693. The summed E-state index contributed by atoms with van der Waals surface area (Å²) in [6, 6.07) is 17.1. The number of benzene rings is 2. The third-order valence-electron chi connectivity index (χ3n) is 4.79. The van der Waals surface area contributed by atoms with E-state index < -0.39 is 6.09 Å². The van der Waals surface area contributed by atoms with Gasteiger partial charge in [-0.25, -0.2) is 4.79 Å². The Morgan fingerprint density at radius 3 is 2.50 bits per heavy atom. The molecule has 1 fully saturated rings. The highest BCUT2D eigenvalue weighted by Crippen LogP contribution is 2.33. The van der Waals surface area contributed by atoms with Gasteiger partial charge in [0.05, 0.1) is 0 Å². The maximum Gasteiger partial charge on any atom is 0.417 e. The number of rotatable bonds is 9. The Kier molecular flexibility index (Phi) is 6.67. The fourth-order valence-corrected chi connectivity index (χ4v) is 2.98. The summed E-state index contributed by atoms with van der Waals surface area (Å²) >= 11 is 0. The van der Waals surface area contributed by atoms with E-state index in [1.54, 1.807) is 0 Å². The second-order valence-electron chi connectivity index (χ2n) is 7.16. The molecular formula is C22H28N2O2. The summed E-state index contributed by atoms with van der Waals surface area (Å²) in [6.45, 7) is 2.23. The fourth-order valence-electron chi connectivity index (χ4n) is 2.98. The van der Waals surface area contributed by atoms with Crippen molar-refractivity contribution in [3.8, 4) is 5.75 Å². The van der Waals surface area contributed by atoms with E-state index >= 15 is 0 Å². The molecule has 1 aliphatic carbocycles. The molecule has 4 nitrogen and oxygen atoms in total. The molecule has 2 aromatic rings. The molecule has 0 atom stereocenters. The van der Waals surface area contributed by atoms with E-state index in [1.807, 2.05) is 54.6 Å². The first kappa shape index (κ1) is 18.5. The molecule has 138 valence electrons. The monoisotopic (exact) mass is 352 g/mol. The van der Waals surface area contributed by atoms with Crippen LogP contribution in [0, 0.1) is 5.92 Å². The van der Waals surface area contributed by atoms with Crippen molar-refractivity contribution in [1.29, 1.82) is 0 Å². The number of anilines is 1. The standard InChI is InChI=1S/C22H28N2O2/c1-24(16-5-6-18-9-10-18)17-15-19-11-13-21(14-12-19)26-22(25)23-20-7-3-2-4-8-20/h2-4,7-8,11-14,18H,5-6,9-10,15-17H2,1H3,(H,23,25). The minimum atomic E-state index is -0.473. The molecule has 0 aliphatic heterocycles. The van der Waals surface area contributed by atoms with Gasteiger partial charge in [0.15, 0.2) is 0 Å². The Hall–Kier alpha value is -2.33. The Labute approximate surface area is 156 Å².